The fraction of sp³-hybridized carbons (Fsp3) is 0.643. The molecule has 0 heterocycles. The summed E-state index contributed by atoms with van der Waals surface area (Å²) in [5.41, 5.74) is 2.36. The Morgan fingerprint density at radius 2 is 1.73 bits per heavy atom. The number of allylic oxidation sites excluding steroid dienone is 2. The fourth-order valence-electron chi connectivity index (χ4n) is 1.10. The summed E-state index contributed by atoms with van der Waals surface area (Å²) < 4.78 is 0. The zero-order chi connectivity index (χ0) is 11.8. The van der Waals surface area contributed by atoms with E-state index in [4.69, 9.17) is 0 Å². The Balaban J connectivity index is 4.24. The lowest BCUT2D eigenvalue weighted by Crippen LogP contribution is -2.04. The summed E-state index contributed by atoms with van der Waals surface area (Å²) in [6.45, 7) is 14.9. The maximum absolute atomic E-state index is 4.43. The number of aliphatic imine (C=N–C) groups is 1. The van der Waals surface area contributed by atoms with Gasteiger partial charge in [-0.2, -0.15) is 0 Å². The van der Waals surface area contributed by atoms with Crippen LogP contribution in [-0.2, 0) is 0 Å². The summed E-state index contributed by atoms with van der Waals surface area (Å²) in [7, 11) is 0. The van der Waals surface area contributed by atoms with Crippen LogP contribution in [0.5, 0.6) is 0 Å². The molecule has 1 heteroatoms. The molecule has 0 aromatic heterocycles. The van der Waals surface area contributed by atoms with Crippen LogP contribution >= 0.6 is 0 Å². The summed E-state index contributed by atoms with van der Waals surface area (Å²) in [5.74, 6) is 1.13. The van der Waals surface area contributed by atoms with Gasteiger partial charge >= 0.3 is 0 Å². The van der Waals surface area contributed by atoms with Gasteiger partial charge in [-0.1, -0.05) is 39.8 Å². The molecule has 0 radical (unpaired) electrons. The predicted octanol–water partition coefficient (Wildman–Crippen LogP) is 4.61. The number of rotatable bonds is 6. The third kappa shape index (κ3) is 5.56. The van der Waals surface area contributed by atoms with E-state index < -0.39 is 0 Å². The Morgan fingerprint density at radius 3 is 2.20 bits per heavy atom. The Bertz CT molecular complexity index is 248. The van der Waals surface area contributed by atoms with Crippen LogP contribution in [0.15, 0.2) is 29.4 Å². The van der Waals surface area contributed by atoms with Gasteiger partial charge in [-0.3, -0.25) is 4.99 Å². The fourth-order valence-corrected chi connectivity index (χ4v) is 1.10. The first-order chi connectivity index (χ1) is 7.02. The Labute approximate surface area is 95.0 Å². The third-order valence-electron chi connectivity index (χ3n) is 3.14. The summed E-state index contributed by atoms with van der Waals surface area (Å²) >= 11 is 0. The quantitative estimate of drug-likeness (QED) is 0.445. The van der Waals surface area contributed by atoms with Crippen molar-refractivity contribution in [3.63, 3.8) is 0 Å². The van der Waals surface area contributed by atoms with Crippen molar-refractivity contribution >= 4 is 5.71 Å². The summed E-state index contributed by atoms with van der Waals surface area (Å²) in [6, 6.07) is 0. The van der Waals surface area contributed by atoms with E-state index in [1.165, 1.54) is 11.3 Å². The Morgan fingerprint density at radius 1 is 1.20 bits per heavy atom. The van der Waals surface area contributed by atoms with Gasteiger partial charge in [0.25, 0.3) is 0 Å². The molecule has 0 aliphatic heterocycles. The highest BCUT2D eigenvalue weighted by atomic mass is 14.7. The number of nitrogens with zero attached hydrogens (tertiary/aromatic N) is 1. The van der Waals surface area contributed by atoms with E-state index >= 15 is 0 Å². The van der Waals surface area contributed by atoms with Gasteiger partial charge in [0.2, 0.25) is 0 Å². The predicted molar refractivity (Wildman–Crippen MR) is 70.3 cm³/mol. The van der Waals surface area contributed by atoms with Crippen molar-refractivity contribution in [3.05, 3.63) is 24.4 Å². The molecule has 0 aliphatic rings. The second-order valence-electron chi connectivity index (χ2n) is 4.28. The first-order valence-corrected chi connectivity index (χ1v) is 5.92. The van der Waals surface area contributed by atoms with Gasteiger partial charge in [0, 0.05) is 11.9 Å². The van der Waals surface area contributed by atoms with Crippen LogP contribution in [0, 0.1) is 11.8 Å². The molecular formula is C14H25N. The monoisotopic (exact) mass is 207 g/mol. The summed E-state index contributed by atoms with van der Waals surface area (Å²) in [5, 5.41) is 0. The zero-order valence-corrected chi connectivity index (χ0v) is 10.9. The third-order valence-corrected chi connectivity index (χ3v) is 3.14. The highest BCUT2D eigenvalue weighted by molar-refractivity contribution is 5.84. The minimum Gasteiger partial charge on any atom is -0.266 e. The lowest BCUT2D eigenvalue weighted by Gasteiger charge is -2.07. The highest BCUT2D eigenvalue weighted by Crippen LogP contribution is 2.13. The van der Waals surface area contributed by atoms with Gasteiger partial charge in [0.15, 0.2) is 0 Å². The number of hydrogen-bond acceptors (Lipinski definition) is 1. The van der Waals surface area contributed by atoms with Crippen LogP contribution < -0.4 is 0 Å². The first-order valence-electron chi connectivity index (χ1n) is 5.92. The Kier molecular flexibility index (Phi) is 7.02. The van der Waals surface area contributed by atoms with E-state index in [0.29, 0.717) is 11.8 Å². The molecule has 0 saturated carbocycles. The minimum atomic E-state index is 0.556. The second-order valence-corrected chi connectivity index (χ2v) is 4.28. The van der Waals surface area contributed by atoms with Gasteiger partial charge in [0.1, 0.15) is 0 Å². The molecule has 15 heavy (non-hydrogen) atoms. The maximum atomic E-state index is 4.43. The molecule has 2 atom stereocenters. The maximum Gasteiger partial charge on any atom is 0.0269 e. The highest BCUT2D eigenvalue weighted by Gasteiger charge is 2.01. The lowest BCUT2D eigenvalue weighted by atomic mass is 10.0. The molecule has 86 valence electrons. The molecule has 0 spiro atoms. The van der Waals surface area contributed by atoms with Gasteiger partial charge in [-0.15, -0.1) is 0 Å². The van der Waals surface area contributed by atoms with Crippen LogP contribution in [0.3, 0.4) is 0 Å². The molecule has 0 bridgehead atoms. The van der Waals surface area contributed by atoms with E-state index in [1.54, 1.807) is 0 Å². The van der Waals surface area contributed by atoms with Crippen LogP contribution in [0.4, 0.5) is 0 Å². The molecule has 1 nitrogen and oxygen atoms in total. The van der Waals surface area contributed by atoms with Crippen molar-refractivity contribution in [2.45, 2.75) is 47.5 Å². The summed E-state index contributed by atoms with van der Waals surface area (Å²) in [6.07, 6.45) is 6.20. The Hall–Kier alpha value is -0.850. The SMILES string of the molecule is C=C(/C=C\N=C(C)C(C)CC)C(C)CC. The smallest absolute Gasteiger partial charge is 0.0269 e. The van der Waals surface area contributed by atoms with E-state index in [1.807, 2.05) is 12.3 Å². The normalized spacial score (nSPS) is 16.7. The molecule has 0 saturated heterocycles. The zero-order valence-electron chi connectivity index (χ0n) is 10.9. The van der Waals surface area contributed by atoms with E-state index in [-0.39, 0.29) is 0 Å². The van der Waals surface area contributed by atoms with Gasteiger partial charge in [0.05, 0.1) is 0 Å². The van der Waals surface area contributed by atoms with Gasteiger partial charge in [-0.05, 0) is 37.7 Å². The largest absolute Gasteiger partial charge is 0.266 e. The van der Waals surface area contributed by atoms with E-state index in [0.717, 1.165) is 12.8 Å². The van der Waals surface area contributed by atoms with Gasteiger partial charge < -0.3 is 0 Å². The van der Waals surface area contributed by atoms with Crippen molar-refractivity contribution in [1.29, 1.82) is 0 Å². The van der Waals surface area contributed by atoms with Crippen LogP contribution in [0.1, 0.15) is 47.5 Å². The average Bonchev–Trinajstić information content (AvgIpc) is 2.26. The molecule has 0 N–H and O–H groups in total. The lowest BCUT2D eigenvalue weighted by molar-refractivity contribution is 0.672. The van der Waals surface area contributed by atoms with Crippen molar-refractivity contribution in [3.8, 4) is 0 Å². The topological polar surface area (TPSA) is 12.4 Å². The molecule has 0 amide bonds. The second kappa shape index (κ2) is 7.44. The molecular weight excluding hydrogens is 182 g/mol. The van der Waals surface area contributed by atoms with Gasteiger partial charge in [-0.25, -0.2) is 0 Å². The first kappa shape index (κ1) is 14.2. The van der Waals surface area contributed by atoms with Crippen molar-refractivity contribution < 1.29 is 0 Å². The molecule has 0 fully saturated rings. The standard InChI is InChI=1S/C14H25N/c1-7-11(3)13(5)9-10-15-14(6)12(4)8-2/h9-12H,5,7-8H2,1-4,6H3/b10-9-,15-14?. The molecule has 0 aliphatic carbocycles. The molecule has 2 unspecified atom stereocenters. The van der Waals surface area contributed by atoms with Crippen LogP contribution in [-0.4, -0.2) is 5.71 Å². The van der Waals surface area contributed by atoms with Crippen LogP contribution in [0.25, 0.3) is 0 Å². The molecule has 0 aromatic carbocycles. The number of hydrogen-bond donors (Lipinski definition) is 0. The van der Waals surface area contributed by atoms with Crippen molar-refractivity contribution in [1.82, 2.24) is 0 Å². The van der Waals surface area contributed by atoms with Crippen LogP contribution in [0.2, 0.25) is 0 Å². The minimum absolute atomic E-state index is 0.556. The molecule has 0 rings (SSSR count). The van der Waals surface area contributed by atoms with Crippen molar-refractivity contribution in [2.24, 2.45) is 16.8 Å². The van der Waals surface area contributed by atoms with E-state index in [2.05, 4.69) is 46.2 Å². The van der Waals surface area contributed by atoms with E-state index in [9.17, 15) is 0 Å². The molecule has 0 aromatic rings. The average molecular weight is 207 g/mol. The van der Waals surface area contributed by atoms with Crippen molar-refractivity contribution in [2.75, 3.05) is 0 Å². The summed E-state index contributed by atoms with van der Waals surface area (Å²) in [4.78, 5) is 4.43.